The first-order chi connectivity index (χ1) is 24.9. The number of likely N-dealkylation sites (tertiary alicyclic amines) is 1. The van der Waals surface area contributed by atoms with Crippen LogP contribution in [0.25, 0.3) is 0 Å². The molecule has 0 saturated carbocycles. The molecular weight excluding hydrogens is 704 g/mol. The number of primary amides is 1. The van der Waals surface area contributed by atoms with Crippen LogP contribution < -0.4 is 48.3 Å². The van der Waals surface area contributed by atoms with Gasteiger partial charge in [-0.2, -0.15) is 0 Å². The molecule has 10 amide bonds. The minimum Gasteiger partial charge on any atom is -0.480 e. The summed E-state index contributed by atoms with van der Waals surface area (Å²) in [4.78, 5) is 134. The zero-order valence-electron chi connectivity index (χ0n) is 30.0. The maximum Gasteiger partial charge on any atom is 0.322 e. The van der Waals surface area contributed by atoms with E-state index in [1.807, 2.05) is 6.92 Å². The highest BCUT2D eigenvalue weighted by Crippen LogP contribution is 2.17. The Kier molecular flexibility index (Phi) is 20.1. The van der Waals surface area contributed by atoms with Crippen molar-refractivity contribution >= 4 is 65.0 Å². The van der Waals surface area contributed by atoms with Gasteiger partial charge in [0.25, 0.3) is 0 Å². The van der Waals surface area contributed by atoms with E-state index in [9.17, 15) is 52.7 Å². The third-order valence-electron chi connectivity index (χ3n) is 7.63. The number of rotatable bonds is 23. The van der Waals surface area contributed by atoms with E-state index in [1.54, 1.807) is 0 Å². The van der Waals surface area contributed by atoms with Crippen molar-refractivity contribution in [1.82, 2.24) is 47.4 Å². The van der Waals surface area contributed by atoms with Crippen LogP contribution in [0.3, 0.4) is 0 Å². The molecule has 11 N–H and O–H groups in total. The van der Waals surface area contributed by atoms with Crippen LogP contribution in [-0.2, 0) is 52.7 Å². The van der Waals surface area contributed by atoms with E-state index >= 15 is 0 Å². The number of nitrogens with two attached hydrogens (primary N) is 1. The number of carbonyl (C=O) groups excluding carboxylic acids is 10. The summed E-state index contributed by atoms with van der Waals surface area (Å²) in [6, 6.07) is -4.49. The molecule has 1 saturated heterocycles. The second-order valence-electron chi connectivity index (χ2n) is 12.1. The summed E-state index contributed by atoms with van der Waals surface area (Å²) in [5.41, 5.74) is 5.16. The SMILES string of the molecule is CCCCC(=O)NCC(=O)NC(CCC(N)=O)C(=O)N[C@@H](C)C(=O)NCC(=O)NCC(=O)NC(C)C(=O)NCC(=O)N1CCCC1C(=O)NCC(=O)O. The van der Waals surface area contributed by atoms with Gasteiger partial charge in [0.2, 0.25) is 59.1 Å². The van der Waals surface area contributed by atoms with Crippen molar-refractivity contribution in [1.29, 1.82) is 0 Å². The highest BCUT2D eigenvalue weighted by molar-refractivity contribution is 5.96. The van der Waals surface area contributed by atoms with Crippen molar-refractivity contribution in [3.05, 3.63) is 0 Å². The molecule has 1 aliphatic heterocycles. The number of carboxylic acids is 1. The molecule has 1 fully saturated rings. The van der Waals surface area contributed by atoms with E-state index in [0.717, 1.165) is 6.42 Å². The number of carboxylic acid groups (broad SMARTS) is 1. The molecule has 0 aliphatic carbocycles. The van der Waals surface area contributed by atoms with E-state index < -0.39 is 116 Å². The Balaban J connectivity index is 2.47. The number of aliphatic carboxylic acids is 1. The van der Waals surface area contributed by atoms with Gasteiger partial charge in [-0.25, -0.2) is 0 Å². The summed E-state index contributed by atoms with van der Waals surface area (Å²) in [6.07, 6.45) is 2.01. The lowest BCUT2D eigenvalue weighted by atomic mass is 10.1. The molecule has 296 valence electrons. The lowest BCUT2D eigenvalue weighted by Gasteiger charge is -2.24. The maximum absolute atomic E-state index is 12.8. The maximum atomic E-state index is 12.8. The number of hydrogen-bond acceptors (Lipinski definition) is 11. The second-order valence-corrected chi connectivity index (χ2v) is 12.1. The topological polar surface area (TPSA) is 333 Å². The Morgan fingerprint density at radius 1 is 0.679 bits per heavy atom. The average molecular weight is 755 g/mol. The molecule has 3 unspecified atom stereocenters. The van der Waals surface area contributed by atoms with Gasteiger partial charge in [-0.3, -0.25) is 52.7 Å². The van der Waals surface area contributed by atoms with Crippen LogP contribution in [0.4, 0.5) is 0 Å². The Morgan fingerprint density at radius 2 is 1.25 bits per heavy atom. The molecule has 22 heteroatoms. The van der Waals surface area contributed by atoms with Gasteiger partial charge in [-0.15, -0.1) is 0 Å². The number of nitrogens with zero attached hydrogens (tertiary/aromatic N) is 1. The van der Waals surface area contributed by atoms with E-state index in [4.69, 9.17) is 10.8 Å². The molecule has 4 atom stereocenters. The zero-order chi connectivity index (χ0) is 40.1. The molecule has 0 aromatic rings. The quantitative estimate of drug-likeness (QED) is 0.0467. The molecule has 22 nitrogen and oxygen atoms in total. The van der Waals surface area contributed by atoms with E-state index in [2.05, 4.69) is 42.5 Å². The first kappa shape index (κ1) is 45.2. The summed E-state index contributed by atoms with van der Waals surface area (Å²) in [5.74, 6) is -8.19. The second kappa shape index (κ2) is 23.6. The largest absolute Gasteiger partial charge is 0.480 e. The minimum atomic E-state index is -1.27. The van der Waals surface area contributed by atoms with E-state index in [-0.39, 0.29) is 31.7 Å². The Morgan fingerprint density at radius 3 is 1.85 bits per heavy atom. The van der Waals surface area contributed by atoms with Crippen LogP contribution in [-0.4, -0.2) is 138 Å². The monoisotopic (exact) mass is 754 g/mol. The van der Waals surface area contributed by atoms with Gasteiger partial charge in [0.15, 0.2) is 0 Å². The summed E-state index contributed by atoms with van der Waals surface area (Å²) in [6.45, 7) is 2.06. The Hall–Kier alpha value is -5.83. The summed E-state index contributed by atoms with van der Waals surface area (Å²) in [5, 5.41) is 27.3. The minimum absolute atomic E-state index is 0.190. The molecule has 1 aliphatic rings. The number of hydrogen-bond donors (Lipinski definition) is 10. The van der Waals surface area contributed by atoms with Crippen molar-refractivity contribution < 1.29 is 57.8 Å². The fourth-order valence-electron chi connectivity index (χ4n) is 4.74. The Bertz CT molecular complexity index is 1390. The van der Waals surface area contributed by atoms with Crippen LogP contribution in [0.15, 0.2) is 0 Å². The van der Waals surface area contributed by atoms with E-state index in [1.165, 1.54) is 18.7 Å². The van der Waals surface area contributed by atoms with Gasteiger partial charge < -0.3 is 58.3 Å². The van der Waals surface area contributed by atoms with Crippen molar-refractivity contribution in [2.24, 2.45) is 5.73 Å². The van der Waals surface area contributed by atoms with Gasteiger partial charge in [0.1, 0.15) is 30.7 Å². The molecule has 0 aromatic heterocycles. The number of carbonyl (C=O) groups is 11. The number of nitrogens with one attached hydrogen (secondary N) is 8. The van der Waals surface area contributed by atoms with Crippen LogP contribution in [0, 0.1) is 0 Å². The van der Waals surface area contributed by atoms with Crippen molar-refractivity contribution in [2.75, 3.05) is 39.3 Å². The fourth-order valence-corrected chi connectivity index (χ4v) is 4.74. The van der Waals surface area contributed by atoms with Crippen molar-refractivity contribution in [3.63, 3.8) is 0 Å². The molecule has 0 radical (unpaired) electrons. The normalized spacial score (nSPS) is 15.0. The predicted octanol–water partition coefficient (Wildman–Crippen LogP) is -5.41. The molecule has 53 heavy (non-hydrogen) atoms. The van der Waals surface area contributed by atoms with Gasteiger partial charge in [-0.1, -0.05) is 13.3 Å². The first-order valence-corrected chi connectivity index (χ1v) is 17.0. The third-order valence-corrected chi connectivity index (χ3v) is 7.63. The highest BCUT2D eigenvalue weighted by Gasteiger charge is 2.34. The van der Waals surface area contributed by atoms with Gasteiger partial charge in [-0.05, 0) is 39.5 Å². The van der Waals surface area contributed by atoms with Gasteiger partial charge >= 0.3 is 5.97 Å². The summed E-state index contributed by atoms with van der Waals surface area (Å²) >= 11 is 0. The smallest absolute Gasteiger partial charge is 0.322 e. The number of unbranched alkanes of at least 4 members (excludes halogenated alkanes) is 1. The van der Waals surface area contributed by atoms with Crippen LogP contribution >= 0.6 is 0 Å². The molecule has 0 bridgehead atoms. The number of amides is 10. The standard InChI is InChI=1S/C31H50N10O12/c1-4-5-8-22(43)33-14-25(46)40-19(9-10-21(32)42)30(52)39-18(3)29(51)35-12-23(44)34-13-24(45)38-17(2)28(50)36-15-26(47)41-11-6-7-20(41)31(53)37-16-27(48)49/h17-20H,4-16H2,1-3H3,(H2,32,42)(H,33,43)(H,34,44)(H,35,51)(H,36,50)(H,37,53)(H,38,45)(H,39,52)(H,40,46)(H,48,49)/t17?,18-,19?,20?/m0/s1. The predicted molar refractivity (Wildman–Crippen MR) is 183 cm³/mol. The summed E-state index contributed by atoms with van der Waals surface area (Å²) < 4.78 is 0. The average Bonchev–Trinajstić information content (AvgIpc) is 3.60. The van der Waals surface area contributed by atoms with E-state index in [0.29, 0.717) is 19.3 Å². The van der Waals surface area contributed by atoms with Crippen LogP contribution in [0.2, 0.25) is 0 Å². The summed E-state index contributed by atoms with van der Waals surface area (Å²) in [7, 11) is 0. The Labute approximate surface area is 305 Å². The lowest BCUT2D eigenvalue weighted by Crippen LogP contribution is -2.54. The first-order valence-electron chi connectivity index (χ1n) is 17.0. The fraction of sp³-hybridized carbons (Fsp3) is 0.645. The van der Waals surface area contributed by atoms with Gasteiger partial charge in [0, 0.05) is 19.4 Å². The lowest BCUT2D eigenvalue weighted by molar-refractivity contribution is -0.141. The molecule has 1 rings (SSSR count). The molecule has 0 aromatic carbocycles. The molecular formula is C31H50N10O12. The van der Waals surface area contributed by atoms with Crippen molar-refractivity contribution in [3.8, 4) is 0 Å². The van der Waals surface area contributed by atoms with Gasteiger partial charge in [0.05, 0.1) is 26.2 Å². The van der Waals surface area contributed by atoms with Crippen LogP contribution in [0.5, 0.6) is 0 Å². The zero-order valence-corrected chi connectivity index (χ0v) is 30.0. The third kappa shape index (κ3) is 18.3. The van der Waals surface area contributed by atoms with Crippen LogP contribution in [0.1, 0.15) is 65.7 Å². The van der Waals surface area contributed by atoms with Crippen molar-refractivity contribution in [2.45, 2.75) is 89.9 Å². The highest BCUT2D eigenvalue weighted by atomic mass is 16.4. The molecule has 0 spiro atoms. The molecule has 1 heterocycles.